The lowest BCUT2D eigenvalue weighted by molar-refractivity contribution is 0.332. The summed E-state index contributed by atoms with van der Waals surface area (Å²) < 4.78 is 2.74. The Labute approximate surface area is 427 Å². The van der Waals surface area contributed by atoms with Gasteiger partial charge in [0.25, 0.3) is 6.71 Å². The fourth-order valence-electron chi connectivity index (χ4n) is 12.1. The van der Waals surface area contributed by atoms with Crippen LogP contribution in [0.4, 0.5) is 51.2 Å². The van der Waals surface area contributed by atoms with Crippen LogP contribution >= 0.6 is 11.3 Å². The number of hydrogen-bond acceptors (Lipinski definition) is 4. The van der Waals surface area contributed by atoms with Crippen LogP contribution in [0.2, 0.25) is 0 Å². The highest BCUT2D eigenvalue weighted by Gasteiger charge is 2.48. The van der Waals surface area contributed by atoms with E-state index in [0.717, 1.165) is 42.7 Å². The lowest BCUT2D eigenvalue weighted by Gasteiger charge is -2.47. The summed E-state index contributed by atoms with van der Waals surface area (Å²) in [5.41, 5.74) is 21.8. The van der Waals surface area contributed by atoms with Gasteiger partial charge in [0, 0.05) is 54.6 Å². The summed E-state index contributed by atoms with van der Waals surface area (Å²) in [4.78, 5) is 7.82. The third-order valence-corrected chi connectivity index (χ3v) is 17.4. The van der Waals surface area contributed by atoms with Crippen LogP contribution in [0.5, 0.6) is 0 Å². The minimum atomic E-state index is -0.0276. The summed E-state index contributed by atoms with van der Waals surface area (Å²) in [5.74, 6) is 0. The van der Waals surface area contributed by atoms with Crippen molar-refractivity contribution in [1.29, 1.82) is 0 Å². The molecule has 4 aliphatic rings. The maximum absolute atomic E-state index is 2.70. The van der Waals surface area contributed by atoms with Crippen LogP contribution in [0, 0.1) is 0 Å². The van der Waals surface area contributed by atoms with Gasteiger partial charge in [-0.3, -0.25) is 0 Å². The molecule has 5 heteroatoms. The van der Waals surface area contributed by atoms with E-state index in [1.807, 2.05) is 11.3 Å². The van der Waals surface area contributed by atoms with E-state index >= 15 is 0 Å². The van der Waals surface area contributed by atoms with Crippen LogP contribution in [0.25, 0.3) is 15.7 Å². The quantitative estimate of drug-likeness (QED) is 0.154. The molecule has 0 saturated carbocycles. The van der Waals surface area contributed by atoms with E-state index in [-0.39, 0.29) is 28.4 Å². The standard InChI is InChI=1S/C66H66BN3S/c1-63(2,3)44-30-33-48(34-31-44)69-56-42-53-52(65(7,8)36-37-66(53,9)10)41-54(56)67-60-57(69)39-49(68(46-24-16-12-17-25-46)47-26-18-13-19-27-47)40-58(60)70(55-29-21-20-28-50(55)43-22-14-11-15-23-43)61-51-38-45(64(4,5)6)32-35-59(51)71-62(61)67/h12-14,16-35,38-42H,11,15,36-37H2,1-10H3. The zero-order valence-electron chi connectivity index (χ0n) is 43.3. The zero-order chi connectivity index (χ0) is 49.2. The molecule has 354 valence electrons. The molecule has 0 spiro atoms. The Bertz CT molecular complexity index is 3410. The monoisotopic (exact) mass is 944 g/mol. The Morgan fingerprint density at radius 2 is 1.14 bits per heavy atom. The molecule has 0 radical (unpaired) electrons. The van der Waals surface area contributed by atoms with Crippen molar-refractivity contribution in [2.45, 2.75) is 117 Å². The number of anilines is 9. The summed E-state index contributed by atoms with van der Waals surface area (Å²) >= 11 is 2.01. The van der Waals surface area contributed by atoms with Crippen molar-refractivity contribution in [3.8, 4) is 0 Å². The summed E-state index contributed by atoms with van der Waals surface area (Å²) in [5, 5.41) is 1.32. The van der Waals surface area contributed by atoms with E-state index in [2.05, 4.69) is 254 Å². The van der Waals surface area contributed by atoms with E-state index in [9.17, 15) is 0 Å². The van der Waals surface area contributed by atoms with Gasteiger partial charge in [0.2, 0.25) is 0 Å². The smallest absolute Gasteiger partial charge is 0.264 e. The Hall–Kier alpha value is -6.56. The molecule has 3 nitrogen and oxygen atoms in total. The molecular weight excluding hydrogens is 878 g/mol. The number of para-hydroxylation sites is 3. The normalized spacial score (nSPS) is 16.5. The molecule has 0 amide bonds. The van der Waals surface area contributed by atoms with Crippen LogP contribution in [0.15, 0.2) is 170 Å². The van der Waals surface area contributed by atoms with Crippen LogP contribution in [-0.4, -0.2) is 6.71 Å². The molecule has 2 aliphatic heterocycles. The van der Waals surface area contributed by atoms with E-state index in [1.54, 1.807) is 0 Å². The fraction of sp³-hybridized carbons (Fsp3) is 0.273. The summed E-state index contributed by atoms with van der Waals surface area (Å²) in [7, 11) is 0. The predicted molar refractivity (Wildman–Crippen MR) is 310 cm³/mol. The SMILES string of the molecule is CC(C)(C)c1ccc(N2c3cc4c(cc3B3c5sc6ccc(C(C)(C)C)cc6c5N(c5ccccc5C5=CCCC=C5)c5cc(N(c6ccccc6)c6ccccc6)cc2c53)C(C)(C)CCC4(C)C)cc1. The molecule has 0 bridgehead atoms. The van der Waals surface area contributed by atoms with Crippen molar-refractivity contribution in [2.75, 3.05) is 14.7 Å². The number of thiophene rings is 1. The van der Waals surface area contributed by atoms with Crippen LogP contribution in [-0.2, 0) is 21.7 Å². The van der Waals surface area contributed by atoms with Gasteiger partial charge in [-0.15, -0.1) is 11.3 Å². The van der Waals surface area contributed by atoms with Crippen molar-refractivity contribution in [3.05, 3.63) is 198 Å². The lowest BCUT2D eigenvalue weighted by atomic mass is 9.35. The van der Waals surface area contributed by atoms with E-state index in [0.29, 0.717) is 0 Å². The van der Waals surface area contributed by atoms with Gasteiger partial charge in [0.05, 0.1) is 17.1 Å². The maximum Gasteiger partial charge on any atom is 0.264 e. The van der Waals surface area contributed by atoms with Crippen LogP contribution in [0.1, 0.15) is 123 Å². The molecule has 0 saturated heterocycles. The first-order valence-electron chi connectivity index (χ1n) is 26.0. The molecule has 71 heavy (non-hydrogen) atoms. The summed E-state index contributed by atoms with van der Waals surface area (Å²) in [6, 6.07) is 58.4. The average molecular weight is 944 g/mol. The highest BCUT2D eigenvalue weighted by molar-refractivity contribution is 7.33. The number of rotatable bonds is 6. The largest absolute Gasteiger partial charge is 0.311 e. The first kappa shape index (κ1) is 45.6. The molecule has 0 N–H and O–H groups in total. The summed E-state index contributed by atoms with van der Waals surface area (Å²) in [6.45, 7) is 23.9. The molecular formula is C66H66BN3S. The second-order valence-corrected chi connectivity index (χ2v) is 25.0. The van der Waals surface area contributed by atoms with Gasteiger partial charge >= 0.3 is 0 Å². The van der Waals surface area contributed by atoms with Gasteiger partial charge in [-0.25, -0.2) is 0 Å². The number of benzene rings is 7. The minimum absolute atomic E-state index is 0.00937. The third-order valence-electron chi connectivity index (χ3n) is 16.2. The van der Waals surface area contributed by atoms with Crippen LogP contribution < -0.4 is 30.4 Å². The number of nitrogens with zero attached hydrogens (tertiary/aromatic N) is 3. The first-order chi connectivity index (χ1) is 34.0. The third kappa shape index (κ3) is 7.52. The zero-order valence-corrected chi connectivity index (χ0v) is 44.1. The second-order valence-electron chi connectivity index (χ2n) is 24.0. The van der Waals surface area contributed by atoms with Gasteiger partial charge in [0.15, 0.2) is 0 Å². The molecule has 0 atom stereocenters. The van der Waals surface area contributed by atoms with Gasteiger partial charge in [-0.05, 0) is 159 Å². The van der Waals surface area contributed by atoms with Gasteiger partial charge in [-0.1, -0.05) is 166 Å². The van der Waals surface area contributed by atoms with Crippen LogP contribution in [0.3, 0.4) is 0 Å². The minimum Gasteiger partial charge on any atom is -0.311 e. The Morgan fingerprint density at radius 1 is 0.549 bits per heavy atom. The molecule has 0 fully saturated rings. The highest BCUT2D eigenvalue weighted by Crippen LogP contribution is 2.54. The first-order valence-corrected chi connectivity index (χ1v) is 26.8. The van der Waals surface area contributed by atoms with Crippen molar-refractivity contribution in [1.82, 2.24) is 0 Å². The molecule has 12 rings (SSSR count). The Morgan fingerprint density at radius 3 is 1.76 bits per heavy atom. The maximum atomic E-state index is 2.70. The van der Waals surface area contributed by atoms with E-state index in [4.69, 9.17) is 0 Å². The molecule has 2 aliphatic carbocycles. The molecule has 0 unspecified atom stereocenters. The fourth-order valence-corrected chi connectivity index (χ4v) is 13.4. The number of fused-ring (bicyclic) bond motifs is 7. The summed E-state index contributed by atoms with van der Waals surface area (Å²) in [6.07, 6.45) is 11.6. The van der Waals surface area contributed by atoms with Gasteiger partial charge in [-0.2, -0.15) is 0 Å². The van der Waals surface area contributed by atoms with E-state index < -0.39 is 0 Å². The van der Waals surface area contributed by atoms with Crippen molar-refractivity contribution in [3.63, 3.8) is 0 Å². The van der Waals surface area contributed by atoms with Crippen molar-refractivity contribution < 1.29 is 0 Å². The van der Waals surface area contributed by atoms with Gasteiger partial charge in [0.1, 0.15) is 0 Å². The average Bonchev–Trinajstić information content (AvgIpc) is 3.74. The highest BCUT2D eigenvalue weighted by atomic mass is 32.1. The van der Waals surface area contributed by atoms with E-state index in [1.165, 1.54) is 93.3 Å². The molecule has 7 aromatic carbocycles. The number of allylic oxidation sites excluding steroid dienone is 4. The second kappa shape index (κ2) is 16.5. The Balaban J connectivity index is 1.26. The Kier molecular flexibility index (Phi) is 10.6. The predicted octanol–water partition coefficient (Wildman–Crippen LogP) is 17.1. The van der Waals surface area contributed by atoms with Gasteiger partial charge < -0.3 is 14.7 Å². The topological polar surface area (TPSA) is 9.72 Å². The lowest BCUT2D eigenvalue weighted by Crippen LogP contribution is -2.61. The molecule has 1 aromatic heterocycles. The van der Waals surface area contributed by atoms with Crippen molar-refractivity contribution >= 4 is 101 Å². The molecule has 3 heterocycles. The number of hydrogen-bond donors (Lipinski definition) is 0. The van der Waals surface area contributed by atoms with Crippen molar-refractivity contribution in [2.24, 2.45) is 0 Å². The molecule has 8 aromatic rings.